The number of hydrogen-bond acceptors (Lipinski definition) is 9. The highest BCUT2D eigenvalue weighted by Gasteiger charge is 2.39. The molecule has 5 heterocycles. The number of aryl methyl sites for hydroxylation is 1. The van der Waals surface area contributed by atoms with Crippen LogP contribution in [0.1, 0.15) is 44.7 Å². The summed E-state index contributed by atoms with van der Waals surface area (Å²) >= 11 is 0. The van der Waals surface area contributed by atoms with Crippen LogP contribution in [0.5, 0.6) is 0 Å². The maximum Gasteiger partial charge on any atom is 0.435 e. The Hall–Kier alpha value is -5.82. The van der Waals surface area contributed by atoms with Gasteiger partial charge in [-0.2, -0.15) is 18.3 Å². The number of alkyl halides is 3. The number of aromatic nitrogens is 5. The standard InChI is InChI=1S/C33H37F3N10O4.CH2O2/c1-3-22-13-23(6-7-24(22)30(48)44-9-11-45(12-10-44)31(49)40-20-32(50)18-38-19-32)41-29(47)28-39-15-26(43(28)2)25-17-46(42-27(25)33(34,35)36)16-21-5-4-8-37-14-21;2-1-3/h4-8,13-15,17,38,50H,3,9-12,16,18-20H2,1-2H3,(H,40,49)(H,41,47);1H,(H,2,3). The van der Waals surface area contributed by atoms with E-state index in [1.165, 1.54) is 28.7 Å². The van der Waals surface area contributed by atoms with Crippen LogP contribution < -0.4 is 16.0 Å². The number of anilines is 1. The van der Waals surface area contributed by atoms with Gasteiger partial charge in [0.25, 0.3) is 18.3 Å². The lowest BCUT2D eigenvalue weighted by Crippen LogP contribution is -2.65. The van der Waals surface area contributed by atoms with Gasteiger partial charge in [-0.05, 0) is 41.8 Å². The molecule has 4 aromatic rings. The molecule has 1 aromatic carbocycles. The van der Waals surface area contributed by atoms with Gasteiger partial charge in [0.1, 0.15) is 5.60 Å². The summed E-state index contributed by atoms with van der Waals surface area (Å²) in [6.07, 6.45) is 1.31. The van der Waals surface area contributed by atoms with E-state index in [4.69, 9.17) is 9.90 Å². The zero-order valence-corrected chi connectivity index (χ0v) is 28.9. The van der Waals surface area contributed by atoms with Crippen LogP contribution in [0.2, 0.25) is 0 Å². The van der Waals surface area contributed by atoms with E-state index in [2.05, 4.69) is 31.0 Å². The zero-order valence-electron chi connectivity index (χ0n) is 28.9. The third-order valence-corrected chi connectivity index (χ3v) is 8.87. The number of hydrogen-bond donors (Lipinski definition) is 5. The van der Waals surface area contributed by atoms with Gasteiger partial charge in [0.05, 0.1) is 30.5 Å². The van der Waals surface area contributed by atoms with Crippen molar-refractivity contribution in [1.82, 2.24) is 44.7 Å². The first-order valence-electron chi connectivity index (χ1n) is 16.6. The molecule has 2 aliphatic rings. The summed E-state index contributed by atoms with van der Waals surface area (Å²) in [7, 11) is 1.45. The number of amides is 4. The average molecular weight is 741 g/mol. The van der Waals surface area contributed by atoms with Gasteiger partial charge in [-0.1, -0.05) is 13.0 Å². The van der Waals surface area contributed by atoms with Gasteiger partial charge in [-0.3, -0.25) is 24.0 Å². The van der Waals surface area contributed by atoms with Crippen molar-refractivity contribution in [3.63, 3.8) is 0 Å². The Morgan fingerprint density at radius 3 is 2.38 bits per heavy atom. The third kappa shape index (κ3) is 8.98. The maximum atomic E-state index is 14.0. The molecule has 0 bridgehead atoms. The number of nitrogens with zero attached hydrogens (tertiary/aromatic N) is 7. The second-order valence-electron chi connectivity index (χ2n) is 12.5. The number of β-amino-alcohol motifs (C(OH)–C–C–N with tert-alkyl or cyclic N) is 1. The second-order valence-corrected chi connectivity index (χ2v) is 12.5. The maximum absolute atomic E-state index is 14.0. The average Bonchev–Trinajstić information content (AvgIpc) is 3.73. The van der Waals surface area contributed by atoms with E-state index < -0.39 is 23.4 Å². The molecule has 0 spiro atoms. The molecule has 16 nitrogen and oxygen atoms in total. The van der Waals surface area contributed by atoms with E-state index in [9.17, 15) is 32.7 Å². The molecular formula is C34H39F3N10O6. The number of carboxylic acid groups (broad SMARTS) is 1. The highest BCUT2D eigenvalue weighted by Crippen LogP contribution is 2.36. The number of aliphatic hydroxyl groups is 1. The Morgan fingerprint density at radius 2 is 1.77 bits per heavy atom. The van der Waals surface area contributed by atoms with Crippen molar-refractivity contribution in [2.75, 3.05) is 51.1 Å². The highest BCUT2D eigenvalue weighted by molar-refractivity contribution is 6.03. The van der Waals surface area contributed by atoms with Crippen molar-refractivity contribution in [2.45, 2.75) is 31.7 Å². The Morgan fingerprint density at radius 1 is 1.08 bits per heavy atom. The van der Waals surface area contributed by atoms with E-state index >= 15 is 0 Å². The molecule has 2 aliphatic heterocycles. The van der Waals surface area contributed by atoms with Crippen molar-refractivity contribution in [2.24, 2.45) is 7.05 Å². The number of rotatable bonds is 9. The van der Waals surface area contributed by atoms with Crippen LogP contribution >= 0.6 is 0 Å². The molecule has 282 valence electrons. The minimum Gasteiger partial charge on any atom is -0.483 e. The Labute approximate surface area is 301 Å². The minimum atomic E-state index is -4.75. The zero-order chi connectivity index (χ0) is 38.3. The number of carbonyl (C=O) groups is 4. The van der Waals surface area contributed by atoms with Crippen molar-refractivity contribution in [3.05, 3.63) is 83.3 Å². The second kappa shape index (κ2) is 16.2. The van der Waals surface area contributed by atoms with Gasteiger partial charge in [0.15, 0.2) is 11.5 Å². The van der Waals surface area contributed by atoms with Crippen molar-refractivity contribution in [3.8, 4) is 11.3 Å². The largest absolute Gasteiger partial charge is 0.483 e. The molecule has 2 saturated heterocycles. The summed E-state index contributed by atoms with van der Waals surface area (Å²) in [4.78, 5) is 59.1. The molecule has 2 fully saturated rings. The first-order chi connectivity index (χ1) is 25.3. The predicted molar refractivity (Wildman–Crippen MR) is 184 cm³/mol. The third-order valence-electron chi connectivity index (χ3n) is 8.87. The monoisotopic (exact) mass is 740 g/mol. The minimum absolute atomic E-state index is 0.0562. The lowest BCUT2D eigenvalue weighted by Gasteiger charge is -2.39. The van der Waals surface area contributed by atoms with Crippen molar-refractivity contribution < 1.29 is 42.6 Å². The SMILES string of the molecule is CCc1cc(NC(=O)c2ncc(-c3cn(Cc4cccnc4)nc3C(F)(F)F)n2C)ccc1C(=O)N1CCN(C(=O)NCC2(O)CNC2)CC1.O=CO. The normalized spacial score (nSPS) is 15.1. The van der Waals surface area contributed by atoms with Crippen LogP contribution in [0.4, 0.5) is 23.7 Å². The molecule has 4 amide bonds. The molecule has 0 saturated carbocycles. The summed E-state index contributed by atoms with van der Waals surface area (Å²) in [5.41, 5.74) is 0.00746. The number of urea groups is 1. The van der Waals surface area contributed by atoms with Crippen LogP contribution in [-0.4, -0.2) is 120 Å². The number of carbonyl (C=O) groups excluding carboxylic acids is 3. The van der Waals surface area contributed by atoms with Gasteiger partial charge >= 0.3 is 12.2 Å². The molecule has 53 heavy (non-hydrogen) atoms. The van der Waals surface area contributed by atoms with Crippen molar-refractivity contribution >= 4 is 30.0 Å². The fraction of sp³-hybridized carbons (Fsp3) is 0.382. The summed E-state index contributed by atoms with van der Waals surface area (Å²) < 4.78 is 44.5. The Kier molecular flexibility index (Phi) is 11.8. The highest BCUT2D eigenvalue weighted by atomic mass is 19.4. The Balaban J connectivity index is 0.00000175. The number of imidazole rings is 1. The Bertz CT molecular complexity index is 1940. The smallest absolute Gasteiger partial charge is 0.435 e. The van der Waals surface area contributed by atoms with E-state index in [0.717, 1.165) is 0 Å². The first-order valence-corrected chi connectivity index (χ1v) is 16.6. The van der Waals surface area contributed by atoms with Crippen LogP contribution in [0.25, 0.3) is 11.3 Å². The number of piperazine rings is 1. The van der Waals surface area contributed by atoms with Gasteiger partial charge in [-0.15, -0.1) is 0 Å². The fourth-order valence-electron chi connectivity index (χ4n) is 5.98. The fourth-order valence-corrected chi connectivity index (χ4v) is 5.98. The lowest BCUT2D eigenvalue weighted by atomic mass is 9.97. The summed E-state index contributed by atoms with van der Waals surface area (Å²) in [5, 5.41) is 29.3. The number of nitrogens with one attached hydrogen (secondary N) is 3. The molecule has 0 unspecified atom stereocenters. The van der Waals surface area contributed by atoms with Crippen LogP contribution in [-0.2, 0) is 31.0 Å². The van der Waals surface area contributed by atoms with Gasteiger partial charge in [-0.25, -0.2) is 9.78 Å². The van der Waals surface area contributed by atoms with Crippen LogP contribution in [0.15, 0.2) is 55.1 Å². The topological polar surface area (TPSA) is 200 Å². The summed E-state index contributed by atoms with van der Waals surface area (Å²) in [5.74, 6) is -0.967. The van der Waals surface area contributed by atoms with Gasteiger partial charge in [0.2, 0.25) is 0 Å². The lowest BCUT2D eigenvalue weighted by molar-refractivity contribution is -0.141. The quantitative estimate of drug-likeness (QED) is 0.158. The van der Waals surface area contributed by atoms with Crippen molar-refractivity contribution in [1.29, 1.82) is 0 Å². The van der Waals surface area contributed by atoms with Crippen LogP contribution in [0.3, 0.4) is 0 Å². The molecule has 0 aliphatic carbocycles. The predicted octanol–water partition coefficient (Wildman–Crippen LogP) is 2.06. The van der Waals surface area contributed by atoms with E-state index in [1.54, 1.807) is 52.5 Å². The summed E-state index contributed by atoms with van der Waals surface area (Å²) in [6.45, 7) is 4.04. The number of pyridine rings is 1. The van der Waals surface area contributed by atoms with E-state index in [1.807, 2.05) is 6.92 Å². The van der Waals surface area contributed by atoms with Gasteiger partial charge < -0.3 is 40.5 Å². The van der Waals surface area contributed by atoms with Crippen LogP contribution in [0, 0.1) is 0 Å². The molecule has 3 aromatic heterocycles. The molecular weight excluding hydrogens is 701 g/mol. The first kappa shape index (κ1) is 38.4. The molecule has 0 radical (unpaired) electrons. The summed E-state index contributed by atoms with van der Waals surface area (Å²) in [6, 6.07) is 8.01. The molecule has 19 heteroatoms. The van der Waals surface area contributed by atoms with E-state index in [0.29, 0.717) is 68.1 Å². The molecule has 6 rings (SSSR count). The number of benzene rings is 1. The molecule has 0 atom stereocenters. The van der Waals surface area contributed by atoms with E-state index in [-0.39, 0.29) is 48.6 Å². The number of halogens is 3. The van der Waals surface area contributed by atoms with Gasteiger partial charge in [0, 0.05) is 76.2 Å². The molecule has 5 N–H and O–H groups in total.